The molecule has 2 aromatic rings. The summed E-state index contributed by atoms with van der Waals surface area (Å²) in [5, 5.41) is 62.8. The maximum atomic E-state index is 12.4. The molecule has 13 nitrogen and oxygen atoms in total. The van der Waals surface area contributed by atoms with E-state index in [1.165, 1.54) is 46.6 Å². The number of ether oxygens (including phenoxy) is 6. The fourth-order valence-corrected chi connectivity index (χ4v) is 5.33. The molecule has 6 unspecified atom stereocenters. The molecule has 13 heteroatoms. The molecule has 224 valence electrons. The normalized spacial score (nSPS) is 27.4. The minimum absolute atomic E-state index is 0.0374. The Kier molecular flexibility index (Phi) is 8.97. The molecule has 2 aliphatic rings. The van der Waals surface area contributed by atoms with E-state index >= 15 is 0 Å². The summed E-state index contributed by atoms with van der Waals surface area (Å²) >= 11 is 0. The van der Waals surface area contributed by atoms with Crippen molar-refractivity contribution in [1.29, 1.82) is 0 Å². The molecular formula is C28H34O13. The van der Waals surface area contributed by atoms with Gasteiger partial charge in [0.05, 0.1) is 54.4 Å². The van der Waals surface area contributed by atoms with Gasteiger partial charge in [0, 0.05) is 23.3 Å². The zero-order chi connectivity index (χ0) is 30.1. The third-order valence-corrected chi connectivity index (χ3v) is 7.56. The number of benzene rings is 2. The van der Waals surface area contributed by atoms with Crippen LogP contribution in [0.1, 0.15) is 22.6 Å². The third kappa shape index (κ3) is 5.27. The molecule has 6 N–H and O–H groups in total. The van der Waals surface area contributed by atoms with Gasteiger partial charge in [0.2, 0.25) is 11.5 Å². The number of hydrogen-bond donors (Lipinski definition) is 6. The zero-order valence-corrected chi connectivity index (χ0v) is 22.9. The van der Waals surface area contributed by atoms with Crippen LogP contribution in [-0.4, -0.2) is 103 Å². The van der Waals surface area contributed by atoms with Crippen LogP contribution in [0.2, 0.25) is 0 Å². The van der Waals surface area contributed by atoms with E-state index < -0.39 is 49.1 Å². The lowest BCUT2D eigenvalue weighted by Crippen LogP contribution is -2.61. The maximum Gasteiger partial charge on any atom is 0.310 e. The first-order chi connectivity index (χ1) is 19.6. The topological polar surface area (TPSA) is 194 Å². The highest BCUT2D eigenvalue weighted by Crippen LogP contribution is 2.54. The Balaban J connectivity index is 1.89. The molecule has 1 saturated heterocycles. The predicted molar refractivity (Wildman–Crippen MR) is 141 cm³/mol. The lowest BCUT2D eigenvalue weighted by molar-refractivity contribution is -0.430. The van der Waals surface area contributed by atoms with E-state index in [9.17, 15) is 35.4 Å². The van der Waals surface area contributed by atoms with Crippen LogP contribution < -0.4 is 18.9 Å². The van der Waals surface area contributed by atoms with Gasteiger partial charge in [-0.1, -0.05) is 0 Å². The number of phenolic OH excluding ortho intramolecular Hbond substituents is 2. The molecule has 1 fully saturated rings. The van der Waals surface area contributed by atoms with Crippen LogP contribution in [-0.2, 0) is 14.3 Å². The molecule has 41 heavy (non-hydrogen) atoms. The second-order valence-electron chi connectivity index (χ2n) is 9.71. The quantitative estimate of drug-likeness (QED) is 0.169. The number of phenols is 2. The molecule has 1 aliphatic carbocycles. The number of aldehydes is 1. The van der Waals surface area contributed by atoms with E-state index in [4.69, 9.17) is 28.4 Å². The van der Waals surface area contributed by atoms with Gasteiger partial charge >= 0.3 is 5.97 Å². The summed E-state index contributed by atoms with van der Waals surface area (Å²) in [7, 11) is 5.42. The van der Waals surface area contributed by atoms with Crippen LogP contribution in [0.4, 0.5) is 0 Å². The minimum atomic E-state index is -2.67. The molecule has 1 aliphatic heterocycles. The van der Waals surface area contributed by atoms with Gasteiger partial charge < -0.3 is 59.1 Å². The number of fused-ring (bicyclic) bond motifs is 1. The van der Waals surface area contributed by atoms with Crippen molar-refractivity contribution in [2.45, 2.75) is 24.1 Å². The van der Waals surface area contributed by atoms with E-state index in [-0.39, 0.29) is 46.7 Å². The number of hydrogen-bond acceptors (Lipinski definition) is 13. The summed E-state index contributed by atoms with van der Waals surface area (Å²) in [6, 6.07) is 4.57. The van der Waals surface area contributed by atoms with Crippen LogP contribution in [0.25, 0.3) is 6.08 Å². The van der Waals surface area contributed by atoms with Gasteiger partial charge in [-0.2, -0.15) is 0 Å². The lowest BCUT2D eigenvalue weighted by Gasteiger charge is -2.43. The number of aliphatic hydroxyl groups is 4. The van der Waals surface area contributed by atoms with E-state index in [0.29, 0.717) is 23.0 Å². The summed E-state index contributed by atoms with van der Waals surface area (Å²) in [5.74, 6) is -5.61. The molecule has 0 amide bonds. The lowest BCUT2D eigenvalue weighted by atomic mass is 9.71. The van der Waals surface area contributed by atoms with E-state index in [1.807, 2.05) is 0 Å². The Morgan fingerprint density at radius 2 is 1.59 bits per heavy atom. The van der Waals surface area contributed by atoms with Crippen LogP contribution in [0.3, 0.4) is 0 Å². The Morgan fingerprint density at radius 1 is 0.976 bits per heavy atom. The summed E-state index contributed by atoms with van der Waals surface area (Å²) < 4.78 is 32.5. The first kappa shape index (κ1) is 30.4. The van der Waals surface area contributed by atoms with Gasteiger partial charge in [0.25, 0.3) is 0 Å². The fraction of sp³-hybridized carbons (Fsp3) is 0.464. The standard InChI is InChI=1S/C28H34O13/c1-36-18-7-14(8-19(37-2)24(18)32)21-17(12-41-28(35)27(34)23(31)16(10-30)11-40-28)15(9-29)5-13-6-20(38-3)25(33)26(39-4)22(13)21/h5-9,16-17,21,23,27,30-35H,10-12H2,1-4H3. The summed E-state index contributed by atoms with van der Waals surface area (Å²) in [6.07, 6.45) is -1.35. The number of aromatic hydroxyl groups is 2. The van der Waals surface area contributed by atoms with Crippen molar-refractivity contribution in [2.24, 2.45) is 11.8 Å². The minimum Gasteiger partial charge on any atom is -0.502 e. The molecule has 0 aromatic heterocycles. The molecule has 0 spiro atoms. The van der Waals surface area contributed by atoms with E-state index in [1.54, 1.807) is 6.08 Å². The molecule has 1 heterocycles. The molecule has 0 saturated carbocycles. The second-order valence-corrected chi connectivity index (χ2v) is 9.71. The molecule has 0 radical (unpaired) electrons. The number of aliphatic hydroxyl groups excluding tert-OH is 3. The smallest absolute Gasteiger partial charge is 0.310 e. The van der Waals surface area contributed by atoms with Crippen LogP contribution in [0, 0.1) is 11.8 Å². The number of carbonyl (C=O) groups is 1. The molecule has 4 rings (SSSR count). The average molecular weight is 579 g/mol. The maximum absolute atomic E-state index is 12.4. The Hall–Kier alpha value is -3.59. The zero-order valence-electron chi connectivity index (χ0n) is 22.9. The van der Waals surface area contributed by atoms with Crippen LogP contribution in [0.5, 0.6) is 34.5 Å². The van der Waals surface area contributed by atoms with Gasteiger partial charge in [-0.25, -0.2) is 0 Å². The summed E-state index contributed by atoms with van der Waals surface area (Å²) in [5.41, 5.74) is 1.53. The Labute approximate surface area is 235 Å². The van der Waals surface area contributed by atoms with Crippen LogP contribution >= 0.6 is 0 Å². The monoisotopic (exact) mass is 578 g/mol. The first-order valence-corrected chi connectivity index (χ1v) is 12.7. The summed E-state index contributed by atoms with van der Waals surface area (Å²) in [6.45, 7) is -1.25. The summed E-state index contributed by atoms with van der Waals surface area (Å²) in [4.78, 5) is 12.4. The number of rotatable bonds is 10. The van der Waals surface area contributed by atoms with Gasteiger partial charge in [0.1, 0.15) is 6.29 Å². The highest BCUT2D eigenvalue weighted by molar-refractivity contribution is 5.87. The van der Waals surface area contributed by atoms with Crippen molar-refractivity contribution < 1.29 is 63.9 Å². The third-order valence-electron chi connectivity index (χ3n) is 7.56. The predicted octanol–water partition coefficient (Wildman–Crippen LogP) is 0.499. The number of methoxy groups -OCH3 is 4. The Morgan fingerprint density at radius 3 is 2.12 bits per heavy atom. The molecule has 2 aromatic carbocycles. The van der Waals surface area contributed by atoms with Gasteiger partial charge in [-0.15, -0.1) is 0 Å². The fourth-order valence-electron chi connectivity index (χ4n) is 5.33. The molecular weight excluding hydrogens is 544 g/mol. The largest absolute Gasteiger partial charge is 0.502 e. The van der Waals surface area contributed by atoms with Crippen molar-refractivity contribution >= 4 is 12.4 Å². The second kappa shape index (κ2) is 12.1. The number of carbonyl (C=O) groups excluding carboxylic acids is 1. The molecule has 0 bridgehead atoms. The van der Waals surface area contributed by atoms with Crippen molar-refractivity contribution in [3.8, 4) is 34.5 Å². The highest BCUT2D eigenvalue weighted by atomic mass is 16.8. The van der Waals surface area contributed by atoms with E-state index in [0.717, 1.165) is 0 Å². The molecule has 6 atom stereocenters. The van der Waals surface area contributed by atoms with Crippen molar-refractivity contribution in [1.82, 2.24) is 0 Å². The van der Waals surface area contributed by atoms with Crippen molar-refractivity contribution in [3.05, 3.63) is 40.5 Å². The SMILES string of the molecule is COc1cc(C2c3c(cc(OC)c(O)c3OC)C=C(C=O)C2COC2(O)OCC(CO)C(O)C2O)cc(OC)c1O. The van der Waals surface area contributed by atoms with Crippen molar-refractivity contribution in [2.75, 3.05) is 48.3 Å². The highest BCUT2D eigenvalue weighted by Gasteiger charge is 2.51. The average Bonchev–Trinajstić information content (AvgIpc) is 2.98. The Bertz CT molecular complexity index is 1280. The van der Waals surface area contributed by atoms with E-state index in [2.05, 4.69) is 0 Å². The van der Waals surface area contributed by atoms with Crippen LogP contribution in [0.15, 0.2) is 23.8 Å². The first-order valence-electron chi connectivity index (χ1n) is 12.7. The van der Waals surface area contributed by atoms with Gasteiger partial charge in [-0.3, -0.25) is 4.79 Å². The van der Waals surface area contributed by atoms with Gasteiger partial charge in [0.15, 0.2) is 29.1 Å². The van der Waals surface area contributed by atoms with Crippen molar-refractivity contribution in [3.63, 3.8) is 0 Å². The van der Waals surface area contributed by atoms with Gasteiger partial charge in [-0.05, 0) is 41.0 Å².